The topological polar surface area (TPSA) is 44.6 Å². The van der Waals surface area contributed by atoms with Crippen molar-refractivity contribution in [3.63, 3.8) is 0 Å². The predicted molar refractivity (Wildman–Crippen MR) is 54.7 cm³/mol. The number of hydrogen-bond donors (Lipinski definition) is 2. The van der Waals surface area contributed by atoms with E-state index in [-0.39, 0.29) is 6.67 Å². The number of rotatable bonds is 5. The van der Waals surface area contributed by atoms with E-state index in [1.54, 1.807) is 6.21 Å². The lowest BCUT2D eigenvalue weighted by Gasteiger charge is -1.96. The van der Waals surface area contributed by atoms with Crippen molar-refractivity contribution in [3.8, 4) is 11.8 Å². The van der Waals surface area contributed by atoms with E-state index in [4.69, 9.17) is 5.21 Å². The molecule has 0 saturated carbocycles. The van der Waals surface area contributed by atoms with Crippen LogP contribution in [0.4, 0.5) is 0 Å². The molecule has 2 N–H and O–H groups in total. The number of hydrogen-bond acceptors (Lipinski definition) is 3. The lowest BCUT2D eigenvalue weighted by atomic mass is 10.1. The Morgan fingerprint density at radius 1 is 1.62 bits per heavy atom. The molecule has 1 unspecified atom stereocenters. The third kappa shape index (κ3) is 7.26. The summed E-state index contributed by atoms with van der Waals surface area (Å²) in [6.45, 7) is 4.15. The van der Waals surface area contributed by atoms with Crippen LogP contribution in [0.3, 0.4) is 0 Å². The first-order chi connectivity index (χ1) is 6.35. The van der Waals surface area contributed by atoms with E-state index < -0.39 is 0 Å². The highest BCUT2D eigenvalue weighted by Crippen LogP contribution is 2.01. The van der Waals surface area contributed by atoms with Gasteiger partial charge in [0.15, 0.2) is 0 Å². The van der Waals surface area contributed by atoms with Crippen molar-refractivity contribution in [1.82, 2.24) is 5.48 Å². The van der Waals surface area contributed by atoms with Gasteiger partial charge in [-0.3, -0.25) is 4.99 Å². The van der Waals surface area contributed by atoms with Gasteiger partial charge < -0.3 is 5.21 Å². The van der Waals surface area contributed by atoms with Crippen molar-refractivity contribution in [2.75, 3.05) is 6.67 Å². The van der Waals surface area contributed by atoms with Crippen molar-refractivity contribution in [1.29, 1.82) is 0 Å². The molecule has 0 amide bonds. The number of aliphatic imine (C=N–C) groups is 1. The highest BCUT2D eigenvalue weighted by molar-refractivity contribution is 5.71. The molecule has 0 fully saturated rings. The molecule has 0 bridgehead atoms. The standard InChI is InChI=1S/C10H16N2O/c1-3-6-10(4-2)7-5-8-11-9-12-13/h5,7-8,10,12-13H,4,9H2,1-2H3/b7-5-,11-8-. The summed E-state index contributed by atoms with van der Waals surface area (Å²) in [5.41, 5.74) is 1.94. The summed E-state index contributed by atoms with van der Waals surface area (Å²) in [6, 6.07) is 0. The fourth-order valence-corrected chi connectivity index (χ4v) is 0.810. The van der Waals surface area contributed by atoms with Crippen LogP contribution in [0.5, 0.6) is 0 Å². The quantitative estimate of drug-likeness (QED) is 0.383. The maximum Gasteiger partial charge on any atom is 0.111 e. The van der Waals surface area contributed by atoms with Gasteiger partial charge in [0.05, 0.1) is 0 Å². The summed E-state index contributed by atoms with van der Waals surface area (Å²) in [5, 5.41) is 8.19. The third-order valence-corrected chi connectivity index (χ3v) is 1.47. The molecule has 0 heterocycles. The molecule has 0 rings (SSSR count). The molecule has 0 aromatic heterocycles. The molecular formula is C10H16N2O. The summed E-state index contributed by atoms with van der Waals surface area (Å²) < 4.78 is 0. The third-order valence-electron chi connectivity index (χ3n) is 1.47. The van der Waals surface area contributed by atoms with E-state index in [1.165, 1.54) is 0 Å². The second-order valence-electron chi connectivity index (χ2n) is 2.44. The van der Waals surface area contributed by atoms with Gasteiger partial charge in [-0.1, -0.05) is 18.9 Å². The molecule has 3 nitrogen and oxygen atoms in total. The largest absolute Gasteiger partial charge is 0.315 e. The van der Waals surface area contributed by atoms with Crippen molar-refractivity contribution < 1.29 is 5.21 Å². The van der Waals surface area contributed by atoms with E-state index >= 15 is 0 Å². The first-order valence-corrected chi connectivity index (χ1v) is 4.31. The number of nitrogens with zero attached hydrogens (tertiary/aromatic N) is 1. The Hall–Kier alpha value is -1.11. The molecule has 0 aliphatic rings. The van der Waals surface area contributed by atoms with Crippen LogP contribution < -0.4 is 5.48 Å². The van der Waals surface area contributed by atoms with E-state index in [1.807, 2.05) is 24.6 Å². The van der Waals surface area contributed by atoms with Crippen LogP contribution in [0.15, 0.2) is 17.1 Å². The van der Waals surface area contributed by atoms with Gasteiger partial charge >= 0.3 is 0 Å². The van der Waals surface area contributed by atoms with Crippen molar-refractivity contribution >= 4 is 6.21 Å². The zero-order valence-electron chi connectivity index (χ0n) is 8.12. The smallest absolute Gasteiger partial charge is 0.111 e. The fourth-order valence-electron chi connectivity index (χ4n) is 0.810. The van der Waals surface area contributed by atoms with Gasteiger partial charge in [-0.05, 0) is 19.4 Å². The minimum atomic E-state index is 0.223. The maximum absolute atomic E-state index is 8.19. The van der Waals surface area contributed by atoms with E-state index in [0.29, 0.717) is 5.92 Å². The van der Waals surface area contributed by atoms with E-state index in [0.717, 1.165) is 6.42 Å². The zero-order chi connectivity index (χ0) is 9.94. The average Bonchev–Trinajstić information content (AvgIpc) is 2.16. The van der Waals surface area contributed by atoms with Crippen LogP contribution in [0.2, 0.25) is 0 Å². The second-order valence-corrected chi connectivity index (χ2v) is 2.44. The molecule has 1 atom stereocenters. The Morgan fingerprint density at radius 2 is 2.38 bits per heavy atom. The number of nitrogens with one attached hydrogen (secondary N) is 1. The van der Waals surface area contributed by atoms with E-state index in [9.17, 15) is 0 Å². The molecule has 0 aliphatic heterocycles. The Bertz CT molecular complexity index is 223. The molecule has 0 aromatic carbocycles. The highest BCUT2D eigenvalue weighted by atomic mass is 16.5. The van der Waals surface area contributed by atoms with Crippen LogP contribution in [0.1, 0.15) is 20.3 Å². The number of hydroxylamine groups is 1. The normalized spacial score (nSPS) is 13.2. The van der Waals surface area contributed by atoms with Crippen LogP contribution in [0.25, 0.3) is 0 Å². The minimum Gasteiger partial charge on any atom is -0.315 e. The molecule has 0 spiro atoms. The summed E-state index contributed by atoms with van der Waals surface area (Å²) in [6.07, 6.45) is 6.49. The van der Waals surface area contributed by atoms with Crippen LogP contribution in [-0.2, 0) is 0 Å². The molecule has 72 valence electrons. The predicted octanol–water partition coefficient (Wildman–Crippen LogP) is 1.60. The Balaban J connectivity index is 3.83. The monoisotopic (exact) mass is 180 g/mol. The summed E-state index contributed by atoms with van der Waals surface area (Å²) in [5.74, 6) is 6.24. The Morgan fingerprint density at radius 3 is 2.92 bits per heavy atom. The van der Waals surface area contributed by atoms with Gasteiger partial charge in [-0.2, -0.15) is 5.48 Å². The lowest BCUT2D eigenvalue weighted by molar-refractivity contribution is 0.171. The van der Waals surface area contributed by atoms with Crippen molar-refractivity contribution in [3.05, 3.63) is 12.2 Å². The molecule has 0 aromatic rings. The first-order valence-electron chi connectivity index (χ1n) is 4.31. The zero-order valence-corrected chi connectivity index (χ0v) is 8.12. The van der Waals surface area contributed by atoms with Gasteiger partial charge in [0.2, 0.25) is 0 Å². The van der Waals surface area contributed by atoms with Crippen molar-refractivity contribution in [2.45, 2.75) is 20.3 Å². The summed E-state index contributed by atoms with van der Waals surface area (Å²) >= 11 is 0. The molecular weight excluding hydrogens is 164 g/mol. The Kier molecular flexibility index (Phi) is 8.21. The highest BCUT2D eigenvalue weighted by Gasteiger charge is 1.92. The minimum absolute atomic E-state index is 0.223. The summed E-state index contributed by atoms with van der Waals surface area (Å²) in [7, 11) is 0. The molecule has 0 aliphatic carbocycles. The SMILES string of the molecule is CC#CC(/C=C\C=N/CNO)CC. The van der Waals surface area contributed by atoms with Gasteiger partial charge in [-0.25, -0.2) is 0 Å². The molecule has 0 radical (unpaired) electrons. The molecule has 0 saturated heterocycles. The average molecular weight is 180 g/mol. The van der Waals surface area contributed by atoms with Gasteiger partial charge in [0.1, 0.15) is 6.67 Å². The van der Waals surface area contributed by atoms with Gasteiger partial charge in [0, 0.05) is 12.1 Å². The van der Waals surface area contributed by atoms with Crippen LogP contribution in [-0.4, -0.2) is 18.1 Å². The first kappa shape index (κ1) is 11.9. The Labute approximate surface area is 79.5 Å². The fraction of sp³-hybridized carbons (Fsp3) is 0.500. The second kappa shape index (κ2) is 8.98. The number of allylic oxidation sites excluding steroid dienone is 2. The van der Waals surface area contributed by atoms with Crippen LogP contribution >= 0.6 is 0 Å². The lowest BCUT2D eigenvalue weighted by Crippen LogP contribution is -2.05. The van der Waals surface area contributed by atoms with E-state index in [2.05, 4.69) is 23.8 Å². The van der Waals surface area contributed by atoms with Gasteiger partial charge in [-0.15, -0.1) is 5.92 Å². The van der Waals surface area contributed by atoms with Crippen LogP contribution in [0, 0.1) is 17.8 Å². The maximum atomic E-state index is 8.19. The molecule has 13 heavy (non-hydrogen) atoms. The van der Waals surface area contributed by atoms with Crippen molar-refractivity contribution in [2.24, 2.45) is 10.9 Å². The molecule has 3 heteroatoms. The summed E-state index contributed by atoms with van der Waals surface area (Å²) in [4.78, 5) is 3.84. The van der Waals surface area contributed by atoms with Gasteiger partial charge in [0.25, 0.3) is 0 Å².